The number of thioether (sulfide) groups is 1. The fraction of sp³-hybridized carbons (Fsp3) is 0.0556. The number of phenolic OH excluding ortho intramolecular Hbond substituents is 1. The second kappa shape index (κ2) is 7.11. The SMILES string of the molecule is COc1cc(/C=C2\SC(=Nc3ccccc3C#N)NC2=O)ccc1O. The highest BCUT2D eigenvalue weighted by Gasteiger charge is 2.24. The molecule has 1 aliphatic rings. The van der Waals surface area contributed by atoms with E-state index in [-0.39, 0.29) is 11.7 Å². The minimum Gasteiger partial charge on any atom is -0.504 e. The molecule has 0 spiro atoms. The number of aliphatic imine (C=N–C) groups is 1. The molecule has 2 aromatic rings. The predicted octanol–water partition coefficient (Wildman–Crippen LogP) is 3.16. The number of nitrogens with zero attached hydrogens (tertiary/aromatic N) is 2. The highest BCUT2D eigenvalue weighted by molar-refractivity contribution is 8.18. The summed E-state index contributed by atoms with van der Waals surface area (Å²) in [5, 5.41) is 21.8. The van der Waals surface area contributed by atoms with Gasteiger partial charge in [-0.1, -0.05) is 18.2 Å². The largest absolute Gasteiger partial charge is 0.504 e. The molecule has 7 heteroatoms. The maximum Gasteiger partial charge on any atom is 0.264 e. The van der Waals surface area contributed by atoms with Crippen molar-refractivity contribution in [2.45, 2.75) is 0 Å². The summed E-state index contributed by atoms with van der Waals surface area (Å²) in [4.78, 5) is 16.9. The number of phenols is 1. The molecule has 0 aromatic heterocycles. The Labute approximate surface area is 148 Å². The van der Waals surface area contributed by atoms with Gasteiger partial charge in [-0.3, -0.25) is 4.79 Å². The molecule has 0 radical (unpaired) electrons. The third kappa shape index (κ3) is 3.65. The van der Waals surface area contributed by atoms with Gasteiger partial charge in [0.2, 0.25) is 0 Å². The number of rotatable bonds is 3. The number of nitrogens with one attached hydrogen (secondary N) is 1. The molecule has 1 fully saturated rings. The first-order valence-corrected chi connectivity index (χ1v) is 8.08. The Bertz CT molecular complexity index is 945. The van der Waals surface area contributed by atoms with Crippen LogP contribution in [0.15, 0.2) is 52.4 Å². The van der Waals surface area contributed by atoms with E-state index in [1.807, 2.05) is 0 Å². The summed E-state index contributed by atoms with van der Waals surface area (Å²) >= 11 is 1.18. The number of aromatic hydroxyl groups is 1. The second-order valence-corrected chi connectivity index (χ2v) is 6.07. The van der Waals surface area contributed by atoms with Crippen molar-refractivity contribution in [3.8, 4) is 17.6 Å². The Balaban J connectivity index is 1.88. The minimum atomic E-state index is -0.273. The van der Waals surface area contributed by atoms with Crippen LogP contribution in [0.4, 0.5) is 5.69 Å². The van der Waals surface area contributed by atoms with Crippen LogP contribution in [0.3, 0.4) is 0 Å². The van der Waals surface area contributed by atoms with Crippen molar-refractivity contribution >= 4 is 34.6 Å². The number of hydrogen-bond donors (Lipinski definition) is 2. The summed E-state index contributed by atoms with van der Waals surface area (Å²) in [5.74, 6) is 0.0864. The number of carbonyl (C=O) groups is 1. The fourth-order valence-corrected chi connectivity index (χ4v) is 3.03. The molecule has 6 nitrogen and oxygen atoms in total. The fourth-order valence-electron chi connectivity index (χ4n) is 2.19. The zero-order valence-corrected chi connectivity index (χ0v) is 14.0. The van der Waals surface area contributed by atoms with Crippen LogP contribution >= 0.6 is 11.8 Å². The molecule has 0 aliphatic carbocycles. The Kier molecular flexibility index (Phi) is 4.73. The second-order valence-electron chi connectivity index (χ2n) is 5.04. The Morgan fingerprint density at radius 2 is 2.12 bits per heavy atom. The van der Waals surface area contributed by atoms with Gasteiger partial charge >= 0.3 is 0 Å². The zero-order chi connectivity index (χ0) is 17.8. The molecule has 124 valence electrons. The highest BCUT2D eigenvalue weighted by Crippen LogP contribution is 2.31. The van der Waals surface area contributed by atoms with Crippen LogP contribution in [-0.4, -0.2) is 23.3 Å². The van der Waals surface area contributed by atoms with Crippen molar-refractivity contribution in [1.82, 2.24) is 5.32 Å². The van der Waals surface area contributed by atoms with E-state index in [1.54, 1.807) is 42.5 Å². The average Bonchev–Trinajstić information content (AvgIpc) is 2.96. The summed E-state index contributed by atoms with van der Waals surface area (Å²) in [6.07, 6.45) is 1.68. The van der Waals surface area contributed by atoms with Crippen molar-refractivity contribution in [1.29, 1.82) is 5.26 Å². The van der Waals surface area contributed by atoms with Gasteiger partial charge in [0.15, 0.2) is 16.7 Å². The van der Waals surface area contributed by atoms with Gasteiger partial charge in [-0.25, -0.2) is 4.99 Å². The van der Waals surface area contributed by atoms with Crippen molar-refractivity contribution in [2.24, 2.45) is 4.99 Å². The van der Waals surface area contributed by atoms with E-state index in [2.05, 4.69) is 16.4 Å². The molecule has 0 bridgehead atoms. The van der Waals surface area contributed by atoms with Gasteiger partial charge < -0.3 is 15.2 Å². The molecule has 1 saturated heterocycles. The van der Waals surface area contributed by atoms with Gasteiger partial charge in [-0.05, 0) is 47.7 Å². The summed E-state index contributed by atoms with van der Waals surface area (Å²) in [7, 11) is 1.46. The first-order valence-electron chi connectivity index (χ1n) is 7.26. The number of amidine groups is 1. The zero-order valence-electron chi connectivity index (χ0n) is 13.2. The van der Waals surface area contributed by atoms with E-state index in [0.29, 0.717) is 32.6 Å². The lowest BCUT2D eigenvalue weighted by molar-refractivity contribution is -0.115. The van der Waals surface area contributed by atoms with Crippen LogP contribution in [0.25, 0.3) is 6.08 Å². The molecule has 1 heterocycles. The van der Waals surface area contributed by atoms with Gasteiger partial charge in [0.25, 0.3) is 5.91 Å². The molecule has 1 amide bonds. The Morgan fingerprint density at radius 3 is 2.88 bits per heavy atom. The number of ether oxygens (including phenoxy) is 1. The van der Waals surface area contributed by atoms with Gasteiger partial charge in [-0.2, -0.15) is 5.26 Å². The van der Waals surface area contributed by atoms with Crippen LogP contribution in [0.1, 0.15) is 11.1 Å². The molecule has 0 atom stereocenters. The molecular weight excluding hydrogens is 338 g/mol. The summed E-state index contributed by atoms with van der Waals surface area (Å²) < 4.78 is 5.06. The third-order valence-electron chi connectivity index (χ3n) is 3.40. The lowest BCUT2D eigenvalue weighted by Gasteiger charge is -2.03. The van der Waals surface area contributed by atoms with Crippen LogP contribution in [0, 0.1) is 11.3 Å². The molecule has 2 N–H and O–H groups in total. The number of para-hydroxylation sites is 1. The first kappa shape index (κ1) is 16.6. The van der Waals surface area contributed by atoms with Crippen molar-refractivity contribution in [3.63, 3.8) is 0 Å². The van der Waals surface area contributed by atoms with Gasteiger partial charge in [-0.15, -0.1) is 0 Å². The molecule has 0 unspecified atom stereocenters. The quantitative estimate of drug-likeness (QED) is 0.828. The van der Waals surface area contributed by atoms with Crippen molar-refractivity contribution < 1.29 is 14.6 Å². The van der Waals surface area contributed by atoms with Crippen molar-refractivity contribution in [3.05, 3.63) is 58.5 Å². The monoisotopic (exact) mass is 351 g/mol. The Hall–Kier alpha value is -3.24. The van der Waals surface area contributed by atoms with Crippen molar-refractivity contribution in [2.75, 3.05) is 7.11 Å². The highest BCUT2D eigenvalue weighted by atomic mass is 32.2. The summed E-state index contributed by atoms with van der Waals surface area (Å²) in [6, 6.07) is 13.8. The number of carbonyl (C=O) groups excluding carboxylic acids is 1. The van der Waals surface area contributed by atoms with Crippen LogP contribution in [0.2, 0.25) is 0 Å². The molecule has 1 aliphatic heterocycles. The standard InChI is InChI=1S/C18H13N3O3S/c1-24-15-8-11(6-7-14(15)22)9-16-17(23)21-18(25-16)20-13-5-3-2-4-12(13)10-19/h2-9,22H,1H3,(H,20,21,23)/b16-9-. The van der Waals surface area contributed by atoms with Crippen LogP contribution in [0.5, 0.6) is 11.5 Å². The normalized spacial score (nSPS) is 16.7. The molecule has 2 aromatic carbocycles. The average molecular weight is 351 g/mol. The van der Waals surface area contributed by atoms with E-state index in [0.717, 1.165) is 0 Å². The minimum absolute atomic E-state index is 0.0311. The number of hydrogen-bond acceptors (Lipinski definition) is 6. The number of methoxy groups -OCH3 is 1. The lowest BCUT2D eigenvalue weighted by atomic mass is 10.2. The van der Waals surface area contributed by atoms with E-state index >= 15 is 0 Å². The van der Waals surface area contributed by atoms with E-state index in [9.17, 15) is 9.90 Å². The van der Waals surface area contributed by atoms with Crippen LogP contribution < -0.4 is 10.1 Å². The summed E-state index contributed by atoms with van der Waals surface area (Å²) in [6.45, 7) is 0. The summed E-state index contributed by atoms with van der Waals surface area (Å²) in [5.41, 5.74) is 1.65. The first-order chi connectivity index (χ1) is 12.1. The molecular formula is C18H13N3O3S. The number of amides is 1. The number of nitriles is 1. The third-order valence-corrected chi connectivity index (χ3v) is 4.31. The number of benzene rings is 2. The predicted molar refractivity (Wildman–Crippen MR) is 96.6 cm³/mol. The van der Waals surface area contributed by atoms with Gasteiger partial charge in [0.05, 0.1) is 23.3 Å². The van der Waals surface area contributed by atoms with Gasteiger partial charge in [0, 0.05) is 0 Å². The smallest absolute Gasteiger partial charge is 0.264 e. The maximum atomic E-state index is 12.1. The molecule has 25 heavy (non-hydrogen) atoms. The topological polar surface area (TPSA) is 94.7 Å². The molecule has 0 saturated carbocycles. The van der Waals surface area contributed by atoms with E-state index in [4.69, 9.17) is 10.00 Å². The molecule has 3 rings (SSSR count). The van der Waals surface area contributed by atoms with Crippen LogP contribution in [-0.2, 0) is 4.79 Å². The van der Waals surface area contributed by atoms with Gasteiger partial charge in [0.1, 0.15) is 6.07 Å². The van der Waals surface area contributed by atoms with E-state index in [1.165, 1.54) is 24.9 Å². The lowest BCUT2D eigenvalue weighted by Crippen LogP contribution is -2.19. The Morgan fingerprint density at radius 1 is 1.32 bits per heavy atom. The maximum absolute atomic E-state index is 12.1. The van der Waals surface area contributed by atoms with E-state index < -0.39 is 0 Å².